The van der Waals surface area contributed by atoms with E-state index in [0.717, 1.165) is 24.0 Å². The summed E-state index contributed by atoms with van der Waals surface area (Å²) in [5.41, 5.74) is 1.54. The van der Waals surface area contributed by atoms with Crippen molar-refractivity contribution in [2.45, 2.75) is 32.1 Å². The molecule has 0 radical (unpaired) electrons. The summed E-state index contributed by atoms with van der Waals surface area (Å²) in [4.78, 5) is 4.34. The predicted molar refractivity (Wildman–Crippen MR) is 82.0 cm³/mol. The number of nitrogens with one attached hydrogen (secondary N) is 1. The first-order valence-electron chi connectivity index (χ1n) is 6.96. The van der Waals surface area contributed by atoms with Crippen molar-refractivity contribution >= 4 is 17.3 Å². The zero-order chi connectivity index (χ0) is 15.9. The Balaban J connectivity index is 1.96. The zero-order valence-electron chi connectivity index (χ0n) is 12.3. The lowest BCUT2D eigenvalue weighted by molar-refractivity contribution is 0.400. The summed E-state index contributed by atoms with van der Waals surface area (Å²) < 4.78 is 18.4. The van der Waals surface area contributed by atoms with E-state index in [4.69, 9.17) is 21.5 Å². The molecule has 0 saturated heterocycles. The van der Waals surface area contributed by atoms with E-state index in [9.17, 15) is 4.39 Å². The molecule has 1 aliphatic rings. The van der Waals surface area contributed by atoms with E-state index < -0.39 is 5.41 Å². The van der Waals surface area contributed by atoms with E-state index >= 15 is 0 Å². The second kappa shape index (κ2) is 5.32. The highest BCUT2D eigenvalue weighted by Gasteiger charge is 2.51. The standard InChI is InChI=1S/C16H15ClFN3O/c1-9(2)7-13(19)14-20-15(21-22-14)16(5-6-16)11-4-3-10(18)8-12(11)17/h3-4,7-8,19H,5-6H2,1-2H3. The zero-order valence-corrected chi connectivity index (χ0v) is 13.0. The maximum absolute atomic E-state index is 13.2. The third kappa shape index (κ3) is 2.57. The SMILES string of the molecule is CC(C)=CC(=N)c1nc(C2(c3ccc(F)cc3Cl)CC2)no1. The van der Waals surface area contributed by atoms with Crippen LogP contribution in [0.2, 0.25) is 5.02 Å². The van der Waals surface area contributed by atoms with Crippen molar-refractivity contribution in [3.8, 4) is 0 Å². The monoisotopic (exact) mass is 319 g/mol. The summed E-state index contributed by atoms with van der Waals surface area (Å²) in [7, 11) is 0. The maximum atomic E-state index is 13.2. The largest absolute Gasteiger partial charge is 0.332 e. The average Bonchev–Trinajstić information content (AvgIpc) is 3.07. The van der Waals surface area contributed by atoms with Gasteiger partial charge >= 0.3 is 0 Å². The van der Waals surface area contributed by atoms with E-state index in [0.29, 0.717) is 10.8 Å². The van der Waals surface area contributed by atoms with Crippen LogP contribution in [0.3, 0.4) is 0 Å². The molecule has 6 heteroatoms. The molecule has 2 aromatic rings. The van der Waals surface area contributed by atoms with Crippen LogP contribution in [-0.4, -0.2) is 15.9 Å². The second-order valence-corrected chi connectivity index (χ2v) is 6.17. The van der Waals surface area contributed by atoms with Gasteiger partial charge in [-0.05, 0) is 50.5 Å². The van der Waals surface area contributed by atoms with Crippen molar-refractivity contribution in [3.05, 3.63) is 58.0 Å². The number of benzene rings is 1. The third-order valence-electron chi connectivity index (χ3n) is 3.71. The van der Waals surface area contributed by atoms with E-state index in [-0.39, 0.29) is 17.4 Å². The highest BCUT2D eigenvalue weighted by Crippen LogP contribution is 2.54. The topological polar surface area (TPSA) is 62.8 Å². The number of hydrogen-bond acceptors (Lipinski definition) is 4. The first-order chi connectivity index (χ1) is 10.4. The Morgan fingerprint density at radius 1 is 1.41 bits per heavy atom. The summed E-state index contributed by atoms with van der Waals surface area (Å²) in [6, 6.07) is 4.35. The van der Waals surface area contributed by atoms with Crippen molar-refractivity contribution in [1.82, 2.24) is 10.1 Å². The molecule has 3 rings (SSSR count). The molecule has 0 aliphatic heterocycles. The van der Waals surface area contributed by atoms with E-state index in [1.165, 1.54) is 12.1 Å². The molecule has 4 nitrogen and oxygen atoms in total. The van der Waals surface area contributed by atoms with Crippen molar-refractivity contribution in [3.63, 3.8) is 0 Å². The molecule has 0 amide bonds. The van der Waals surface area contributed by atoms with Crippen molar-refractivity contribution in [1.29, 1.82) is 5.41 Å². The molecule has 1 fully saturated rings. The fraction of sp³-hybridized carbons (Fsp3) is 0.312. The quantitative estimate of drug-likeness (QED) is 0.856. The first kappa shape index (κ1) is 14.9. The van der Waals surface area contributed by atoms with Gasteiger partial charge in [-0.1, -0.05) is 28.4 Å². The van der Waals surface area contributed by atoms with Gasteiger partial charge in [-0.2, -0.15) is 4.98 Å². The molecular weight excluding hydrogens is 305 g/mol. The van der Waals surface area contributed by atoms with Crippen molar-refractivity contribution < 1.29 is 8.91 Å². The molecule has 1 aromatic heterocycles. The number of aromatic nitrogens is 2. The fourth-order valence-corrected chi connectivity index (χ4v) is 2.84. The van der Waals surface area contributed by atoms with Crippen molar-refractivity contribution in [2.75, 3.05) is 0 Å². The smallest absolute Gasteiger partial charge is 0.275 e. The summed E-state index contributed by atoms with van der Waals surface area (Å²) in [5.74, 6) is 0.312. The molecule has 0 atom stereocenters. The van der Waals surface area contributed by atoms with Crippen LogP contribution < -0.4 is 0 Å². The first-order valence-corrected chi connectivity index (χ1v) is 7.34. The van der Waals surface area contributed by atoms with Crippen LogP contribution >= 0.6 is 11.6 Å². The molecule has 1 saturated carbocycles. The van der Waals surface area contributed by atoms with Gasteiger partial charge in [-0.15, -0.1) is 0 Å². The van der Waals surface area contributed by atoms with E-state index in [1.54, 1.807) is 12.1 Å². The van der Waals surface area contributed by atoms with Gasteiger partial charge < -0.3 is 4.52 Å². The van der Waals surface area contributed by atoms with Gasteiger partial charge in [-0.25, -0.2) is 4.39 Å². The lowest BCUT2D eigenvalue weighted by atomic mass is 9.95. The Labute approximate surface area is 132 Å². The van der Waals surface area contributed by atoms with Gasteiger partial charge in [0, 0.05) is 5.02 Å². The molecule has 1 N–H and O–H groups in total. The number of allylic oxidation sites excluding steroid dienone is 2. The van der Waals surface area contributed by atoms with Crippen LogP contribution in [0.5, 0.6) is 0 Å². The minimum Gasteiger partial charge on any atom is -0.332 e. The van der Waals surface area contributed by atoms with Crippen LogP contribution in [0.15, 0.2) is 34.4 Å². The minimum absolute atomic E-state index is 0.180. The molecule has 0 bridgehead atoms. The molecule has 0 spiro atoms. The summed E-state index contributed by atoms with van der Waals surface area (Å²) in [6.07, 6.45) is 3.32. The van der Waals surface area contributed by atoms with Crippen LogP contribution in [-0.2, 0) is 5.41 Å². The average molecular weight is 320 g/mol. The summed E-state index contributed by atoms with van der Waals surface area (Å²) >= 11 is 6.16. The van der Waals surface area contributed by atoms with Gasteiger partial charge in [0.2, 0.25) is 0 Å². The van der Waals surface area contributed by atoms with Gasteiger partial charge in [0.15, 0.2) is 5.82 Å². The van der Waals surface area contributed by atoms with Crippen molar-refractivity contribution in [2.24, 2.45) is 0 Å². The van der Waals surface area contributed by atoms with Crippen LogP contribution in [0.25, 0.3) is 0 Å². The van der Waals surface area contributed by atoms with E-state index in [1.807, 2.05) is 13.8 Å². The highest BCUT2D eigenvalue weighted by atomic mass is 35.5. The Hall–Kier alpha value is -2.01. The molecule has 114 valence electrons. The normalized spacial score (nSPS) is 15.5. The third-order valence-corrected chi connectivity index (χ3v) is 4.03. The van der Waals surface area contributed by atoms with Gasteiger partial charge in [0.05, 0.1) is 5.41 Å². The molecule has 22 heavy (non-hydrogen) atoms. The Morgan fingerprint density at radius 3 is 2.73 bits per heavy atom. The van der Waals surface area contributed by atoms with E-state index in [2.05, 4.69) is 10.1 Å². The van der Waals surface area contributed by atoms with Crippen LogP contribution in [0.4, 0.5) is 4.39 Å². The molecular formula is C16H15ClFN3O. The molecule has 1 aliphatic carbocycles. The van der Waals surface area contributed by atoms with Gasteiger partial charge in [0.1, 0.15) is 11.5 Å². The second-order valence-electron chi connectivity index (χ2n) is 5.76. The molecule has 1 aromatic carbocycles. The Kier molecular flexibility index (Phi) is 3.60. The summed E-state index contributed by atoms with van der Waals surface area (Å²) in [6.45, 7) is 3.79. The molecule has 1 heterocycles. The highest BCUT2D eigenvalue weighted by molar-refractivity contribution is 6.31. The van der Waals surface area contributed by atoms with Crippen LogP contribution in [0.1, 0.15) is 44.0 Å². The summed E-state index contributed by atoms with van der Waals surface area (Å²) in [5, 5.41) is 12.3. The lowest BCUT2D eigenvalue weighted by Gasteiger charge is -2.12. The fourth-order valence-electron chi connectivity index (χ4n) is 2.49. The van der Waals surface area contributed by atoms with Crippen LogP contribution in [0, 0.1) is 11.2 Å². The number of nitrogens with zero attached hydrogens (tertiary/aromatic N) is 2. The number of hydrogen-bond donors (Lipinski definition) is 1. The minimum atomic E-state index is -0.419. The maximum Gasteiger partial charge on any atom is 0.275 e. The van der Waals surface area contributed by atoms with Gasteiger partial charge in [-0.3, -0.25) is 5.41 Å². The number of halogens is 2. The lowest BCUT2D eigenvalue weighted by Crippen LogP contribution is -2.12. The molecule has 0 unspecified atom stereocenters. The Bertz CT molecular complexity index is 773. The Morgan fingerprint density at radius 2 is 2.14 bits per heavy atom. The predicted octanol–water partition coefficient (Wildman–Crippen LogP) is 4.28. The number of rotatable bonds is 4. The van der Waals surface area contributed by atoms with Gasteiger partial charge in [0.25, 0.3) is 5.89 Å².